The van der Waals surface area contributed by atoms with Crippen LogP contribution in [0.15, 0.2) is 18.3 Å². The lowest BCUT2D eigenvalue weighted by molar-refractivity contribution is -0.137. The lowest BCUT2D eigenvalue weighted by Gasteiger charge is -2.19. The SMILES string of the molecule is CCN(CC)c1ccc(NC(=O)CCCCC(=O)O)cn1. The Morgan fingerprint density at radius 1 is 1.19 bits per heavy atom. The quantitative estimate of drug-likeness (QED) is 0.684. The minimum Gasteiger partial charge on any atom is -0.481 e. The zero-order valence-electron chi connectivity index (χ0n) is 12.6. The van der Waals surface area contributed by atoms with Gasteiger partial charge in [-0.1, -0.05) is 0 Å². The second-order valence-electron chi connectivity index (χ2n) is 4.73. The second-order valence-corrected chi connectivity index (χ2v) is 4.73. The summed E-state index contributed by atoms with van der Waals surface area (Å²) < 4.78 is 0. The van der Waals surface area contributed by atoms with Crippen molar-refractivity contribution in [1.29, 1.82) is 0 Å². The number of carbonyl (C=O) groups excluding carboxylic acids is 1. The zero-order valence-corrected chi connectivity index (χ0v) is 12.6. The number of aliphatic carboxylic acids is 1. The number of hydrogen-bond acceptors (Lipinski definition) is 4. The normalized spacial score (nSPS) is 10.2. The largest absolute Gasteiger partial charge is 0.481 e. The predicted octanol–water partition coefficient (Wildman–Crippen LogP) is 2.51. The van der Waals surface area contributed by atoms with E-state index in [-0.39, 0.29) is 12.3 Å². The lowest BCUT2D eigenvalue weighted by Crippen LogP contribution is -2.22. The first-order valence-electron chi connectivity index (χ1n) is 7.29. The van der Waals surface area contributed by atoms with Gasteiger partial charge in [-0.15, -0.1) is 0 Å². The van der Waals surface area contributed by atoms with Crippen LogP contribution in [-0.2, 0) is 9.59 Å². The summed E-state index contributed by atoms with van der Waals surface area (Å²) in [6.07, 6.45) is 3.16. The van der Waals surface area contributed by atoms with E-state index >= 15 is 0 Å². The molecule has 1 aromatic heterocycles. The summed E-state index contributed by atoms with van der Waals surface area (Å²) >= 11 is 0. The van der Waals surface area contributed by atoms with Crippen molar-refractivity contribution < 1.29 is 14.7 Å². The number of carboxylic acid groups (broad SMARTS) is 1. The summed E-state index contributed by atoms with van der Waals surface area (Å²) in [5.41, 5.74) is 0.661. The maximum absolute atomic E-state index is 11.7. The number of nitrogens with one attached hydrogen (secondary N) is 1. The molecule has 116 valence electrons. The Hall–Kier alpha value is -2.11. The van der Waals surface area contributed by atoms with Crippen molar-refractivity contribution >= 4 is 23.4 Å². The standard InChI is InChI=1S/C15H23N3O3/c1-3-18(4-2)13-10-9-12(11-16-13)17-14(19)7-5-6-8-15(20)21/h9-11H,3-8H2,1-2H3,(H,17,19)(H,20,21). The Kier molecular flexibility index (Phi) is 7.21. The molecule has 0 fully saturated rings. The van der Waals surface area contributed by atoms with Gasteiger partial charge < -0.3 is 15.3 Å². The Balaban J connectivity index is 2.41. The van der Waals surface area contributed by atoms with Gasteiger partial charge in [-0.3, -0.25) is 9.59 Å². The fourth-order valence-corrected chi connectivity index (χ4v) is 1.98. The highest BCUT2D eigenvalue weighted by molar-refractivity contribution is 5.90. The predicted molar refractivity (Wildman–Crippen MR) is 82.5 cm³/mol. The number of aromatic nitrogens is 1. The first-order valence-corrected chi connectivity index (χ1v) is 7.29. The van der Waals surface area contributed by atoms with Crippen molar-refractivity contribution in [3.05, 3.63) is 18.3 Å². The molecule has 6 nitrogen and oxygen atoms in total. The number of carbonyl (C=O) groups is 2. The van der Waals surface area contributed by atoms with Gasteiger partial charge in [-0.2, -0.15) is 0 Å². The number of hydrogen-bond donors (Lipinski definition) is 2. The molecule has 0 bridgehead atoms. The number of nitrogens with zero attached hydrogens (tertiary/aromatic N) is 2. The van der Waals surface area contributed by atoms with Gasteiger partial charge in [0.15, 0.2) is 0 Å². The van der Waals surface area contributed by atoms with Gasteiger partial charge in [0.1, 0.15) is 5.82 Å². The number of amides is 1. The van der Waals surface area contributed by atoms with E-state index in [0.29, 0.717) is 24.9 Å². The van der Waals surface area contributed by atoms with E-state index in [4.69, 9.17) is 5.11 Å². The van der Waals surface area contributed by atoms with Crippen LogP contribution in [0.5, 0.6) is 0 Å². The van der Waals surface area contributed by atoms with E-state index in [1.165, 1.54) is 0 Å². The van der Waals surface area contributed by atoms with E-state index in [1.807, 2.05) is 12.1 Å². The lowest BCUT2D eigenvalue weighted by atomic mass is 10.2. The number of unbranched alkanes of at least 4 members (excludes halogenated alkanes) is 1. The molecule has 1 heterocycles. The average molecular weight is 293 g/mol. The van der Waals surface area contributed by atoms with Crippen molar-refractivity contribution in [2.45, 2.75) is 39.5 Å². The maximum atomic E-state index is 11.7. The number of anilines is 2. The van der Waals surface area contributed by atoms with Crippen molar-refractivity contribution in [3.8, 4) is 0 Å². The molecule has 2 N–H and O–H groups in total. The fourth-order valence-electron chi connectivity index (χ4n) is 1.98. The third-order valence-corrected chi connectivity index (χ3v) is 3.16. The molecule has 0 radical (unpaired) electrons. The topological polar surface area (TPSA) is 82.5 Å². The van der Waals surface area contributed by atoms with Crippen LogP contribution < -0.4 is 10.2 Å². The summed E-state index contributed by atoms with van der Waals surface area (Å²) in [6, 6.07) is 3.71. The molecular weight excluding hydrogens is 270 g/mol. The molecule has 0 saturated heterocycles. The van der Waals surface area contributed by atoms with Gasteiger partial charge in [0.25, 0.3) is 0 Å². The zero-order chi connectivity index (χ0) is 15.7. The fraction of sp³-hybridized carbons (Fsp3) is 0.533. The minimum atomic E-state index is -0.827. The highest BCUT2D eigenvalue weighted by atomic mass is 16.4. The van der Waals surface area contributed by atoms with Crippen LogP contribution in [0.4, 0.5) is 11.5 Å². The third-order valence-electron chi connectivity index (χ3n) is 3.16. The number of rotatable bonds is 9. The Morgan fingerprint density at radius 3 is 2.38 bits per heavy atom. The molecule has 0 aliphatic carbocycles. The molecule has 0 aliphatic heterocycles. The van der Waals surface area contributed by atoms with Crippen molar-refractivity contribution in [1.82, 2.24) is 4.98 Å². The molecule has 0 spiro atoms. The van der Waals surface area contributed by atoms with Gasteiger partial charge in [-0.25, -0.2) is 4.98 Å². The summed E-state index contributed by atoms with van der Waals surface area (Å²) in [5.74, 6) is -0.0520. The molecular formula is C15H23N3O3. The van der Waals surface area contributed by atoms with Crippen LogP contribution in [0.1, 0.15) is 39.5 Å². The van der Waals surface area contributed by atoms with Gasteiger partial charge in [0, 0.05) is 25.9 Å². The highest BCUT2D eigenvalue weighted by Crippen LogP contribution is 2.14. The van der Waals surface area contributed by atoms with E-state index in [2.05, 4.69) is 29.0 Å². The van der Waals surface area contributed by atoms with Gasteiger partial charge >= 0.3 is 5.97 Å². The van der Waals surface area contributed by atoms with Gasteiger partial charge in [0.2, 0.25) is 5.91 Å². The summed E-state index contributed by atoms with van der Waals surface area (Å²) in [5, 5.41) is 11.3. The van der Waals surface area contributed by atoms with Gasteiger partial charge in [0.05, 0.1) is 11.9 Å². The second kappa shape index (κ2) is 8.94. The van der Waals surface area contributed by atoms with Crippen LogP contribution in [-0.4, -0.2) is 35.1 Å². The first-order chi connectivity index (χ1) is 10.1. The minimum absolute atomic E-state index is 0.105. The van der Waals surface area contributed by atoms with E-state index in [1.54, 1.807) is 6.20 Å². The molecule has 0 atom stereocenters. The van der Waals surface area contributed by atoms with Crippen LogP contribution in [0.3, 0.4) is 0 Å². The summed E-state index contributed by atoms with van der Waals surface area (Å²) in [7, 11) is 0. The van der Waals surface area contributed by atoms with Crippen LogP contribution >= 0.6 is 0 Å². The molecule has 0 aromatic carbocycles. The molecule has 0 unspecified atom stereocenters. The molecule has 0 aliphatic rings. The van der Waals surface area contributed by atoms with Crippen LogP contribution in [0, 0.1) is 0 Å². The van der Waals surface area contributed by atoms with Crippen LogP contribution in [0.2, 0.25) is 0 Å². The molecule has 1 rings (SSSR count). The van der Waals surface area contributed by atoms with E-state index in [0.717, 1.165) is 18.9 Å². The number of pyridine rings is 1. The average Bonchev–Trinajstić information content (AvgIpc) is 2.46. The van der Waals surface area contributed by atoms with Crippen molar-refractivity contribution in [2.24, 2.45) is 0 Å². The first kappa shape index (κ1) is 16.9. The molecule has 1 aromatic rings. The van der Waals surface area contributed by atoms with E-state index in [9.17, 15) is 9.59 Å². The Bertz CT molecular complexity index is 456. The third kappa shape index (κ3) is 6.25. The Morgan fingerprint density at radius 2 is 1.86 bits per heavy atom. The number of carboxylic acids is 1. The molecule has 6 heteroatoms. The molecule has 0 saturated carbocycles. The van der Waals surface area contributed by atoms with Crippen molar-refractivity contribution in [2.75, 3.05) is 23.3 Å². The summed E-state index contributed by atoms with van der Waals surface area (Å²) in [6.45, 7) is 5.91. The smallest absolute Gasteiger partial charge is 0.303 e. The molecule has 1 amide bonds. The highest BCUT2D eigenvalue weighted by Gasteiger charge is 2.06. The van der Waals surface area contributed by atoms with E-state index < -0.39 is 5.97 Å². The summed E-state index contributed by atoms with van der Waals surface area (Å²) in [4.78, 5) is 28.5. The molecule has 21 heavy (non-hydrogen) atoms. The Labute approximate surface area is 125 Å². The van der Waals surface area contributed by atoms with Crippen molar-refractivity contribution in [3.63, 3.8) is 0 Å². The maximum Gasteiger partial charge on any atom is 0.303 e. The van der Waals surface area contributed by atoms with Gasteiger partial charge in [-0.05, 0) is 38.8 Å². The monoisotopic (exact) mass is 293 g/mol. The van der Waals surface area contributed by atoms with Crippen LogP contribution in [0.25, 0.3) is 0 Å².